The Labute approximate surface area is 132 Å². The van der Waals surface area contributed by atoms with Crippen molar-refractivity contribution in [2.75, 3.05) is 43.9 Å². The minimum absolute atomic E-state index is 0.196. The summed E-state index contributed by atoms with van der Waals surface area (Å²) in [6, 6.07) is 0. The van der Waals surface area contributed by atoms with Crippen molar-refractivity contribution in [3.05, 3.63) is 24.0 Å². The highest BCUT2D eigenvalue weighted by molar-refractivity contribution is 5.47. The number of aromatic nitrogens is 2. The van der Waals surface area contributed by atoms with Crippen LogP contribution in [0.1, 0.15) is 18.4 Å². The monoisotopic (exact) mass is 331 g/mol. The molecule has 6 nitrogen and oxygen atoms in total. The minimum atomic E-state index is -4.52. The largest absolute Gasteiger partial charge is 0.421 e. The van der Waals surface area contributed by atoms with Gasteiger partial charge in [0, 0.05) is 38.1 Å². The van der Waals surface area contributed by atoms with Gasteiger partial charge in [-0.3, -0.25) is 0 Å². The number of nitrogen functional groups attached to an aromatic ring is 1. The summed E-state index contributed by atoms with van der Waals surface area (Å²) in [7, 11) is 0. The van der Waals surface area contributed by atoms with E-state index in [1.165, 1.54) is 0 Å². The lowest BCUT2D eigenvalue weighted by Gasteiger charge is -2.24. The Balaban J connectivity index is 1.89. The lowest BCUT2D eigenvalue weighted by atomic mass is 10.2. The van der Waals surface area contributed by atoms with Gasteiger partial charge in [-0.05, 0) is 12.8 Å². The van der Waals surface area contributed by atoms with Crippen molar-refractivity contribution < 1.29 is 17.9 Å². The average molecular weight is 331 g/mol. The van der Waals surface area contributed by atoms with Crippen LogP contribution in [0.25, 0.3) is 0 Å². The van der Waals surface area contributed by atoms with Gasteiger partial charge in [0.25, 0.3) is 0 Å². The molecule has 0 saturated carbocycles. The Kier molecular flexibility index (Phi) is 5.64. The van der Waals surface area contributed by atoms with E-state index in [9.17, 15) is 13.2 Å². The van der Waals surface area contributed by atoms with Crippen LogP contribution < -0.4 is 11.1 Å². The fourth-order valence-corrected chi connectivity index (χ4v) is 2.28. The van der Waals surface area contributed by atoms with Crippen molar-refractivity contribution in [3.8, 4) is 0 Å². The Morgan fingerprint density at radius 3 is 2.96 bits per heavy atom. The third-order valence-electron chi connectivity index (χ3n) is 3.44. The zero-order valence-corrected chi connectivity index (χ0v) is 12.7. The van der Waals surface area contributed by atoms with Crippen LogP contribution in [0.15, 0.2) is 18.5 Å². The number of halogens is 3. The van der Waals surface area contributed by atoms with Crippen LogP contribution >= 0.6 is 0 Å². The van der Waals surface area contributed by atoms with Crippen LogP contribution in [-0.2, 0) is 10.9 Å². The van der Waals surface area contributed by atoms with Gasteiger partial charge in [0.1, 0.15) is 11.4 Å². The van der Waals surface area contributed by atoms with E-state index >= 15 is 0 Å². The summed E-state index contributed by atoms with van der Waals surface area (Å²) in [6.45, 7) is 7.01. The molecule has 23 heavy (non-hydrogen) atoms. The Bertz CT molecular complexity index is 550. The first-order chi connectivity index (χ1) is 10.9. The smallest absolute Gasteiger partial charge is 0.375 e. The van der Waals surface area contributed by atoms with E-state index in [-0.39, 0.29) is 11.8 Å². The van der Waals surface area contributed by atoms with Crippen LogP contribution in [0.4, 0.5) is 24.9 Å². The zero-order chi connectivity index (χ0) is 16.9. The van der Waals surface area contributed by atoms with Gasteiger partial charge in [0.2, 0.25) is 5.95 Å². The topological polar surface area (TPSA) is 76.3 Å². The fraction of sp³-hybridized carbons (Fsp3) is 0.571. The molecule has 0 aromatic carbocycles. The van der Waals surface area contributed by atoms with Crippen molar-refractivity contribution in [1.29, 1.82) is 0 Å². The molecule has 0 amide bonds. The molecule has 2 rings (SSSR count). The van der Waals surface area contributed by atoms with Crippen LogP contribution in [0.5, 0.6) is 0 Å². The molecule has 2 heterocycles. The first-order valence-electron chi connectivity index (χ1n) is 7.32. The standard InChI is InChI=1S/C14H20F3N5O/c1-10-9-23-7-3-6-22(10)5-2-4-19-12-11(14(15,16)17)8-20-13(18)21-12/h8H,1-7,9H2,(H3,18,19,20,21). The summed E-state index contributed by atoms with van der Waals surface area (Å²) < 4.78 is 44.0. The fourth-order valence-electron chi connectivity index (χ4n) is 2.28. The molecule has 0 aliphatic carbocycles. The first-order valence-corrected chi connectivity index (χ1v) is 7.32. The average Bonchev–Trinajstić information content (AvgIpc) is 2.67. The van der Waals surface area contributed by atoms with Crippen LogP contribution in [0.2, 0.25) is 0 Å². The van der Waals surface area contributed by atoms with E-state index in [1.807, 2.05) is 0 Å². The molecule has 1 aromatic heterocycles. The van der Waals surface area contributed by atoms with E-state index in [4.69, 9.17) is 10.5 Å². The van der Waals surface area contributed by atoms with Gasteiger partial charge < -0.3 is 20.7 Å². The highest BCUT2D eigenvalue weighted by Crippen LogP contribution is 2.33. The van der Waals surface area contributed by atoms with E-state index in [2.05, 4.69) is 26.8 Å². The number of hydrogen-bond donors (Lipinski definition) is 2. The van der Waals surface area contributed by atoms with Gasteiger partial charge in [-0.2, -0.15) is 18.2 Å². The molecule has 0 spiro atoms. The number of alkyl halides is 3. The predicted molar refractivity (Wildman–Crippen MR) is 80.7 cm³/mol. The SMILES string of the molecule is C=C1COCCCN1CCCNc1nc(N)ncc1C(F)(F)F. The molecule has 0 atom stereocenters. The Morgan fingerprint density at radius 2 is 2.22 bits per heavy atom. The minimum Gasteiger partial charge on any atom is -0.375 e. The molecule has 1 aliphatic heterocycles. The number of nitrogens with two attached hydrogens (primary N) is 1. The molecule has 0 bridgehead atoms. The second-order valence-electron chi connectivity index (χ2n) is 5.23. The molecule has 1 saturated heterocycles. The summed E-state index contributed by atoms with van der Waals surface area (Å²) in [5.74, 6) is -0.485. The second kappa shape index (κ2) is 7.49. The first kappa shape index (κ1) is 17.3. The van der Waals surface area contributed by atoms with Crippen molar-refractivity contribution >= 4 is 11.8 Å². The number of ether oxygens (including phenoxy) is 1. The molecule has 0 unspecified atom stereocenters. The van der Waals surface area contributed by atoms with Crippen molar-refractivity contribution in [2.45, 2.75) is 19.0 Å². The molecular weight excluding hydrogens is 311 g/mol. The quantitative estimate of drug-likeness (QED) is 0.805. The molecule has 0 radical (unpaired) electrons. The van der Waals surface area contributed by atoms with E-state index in [0.717, 1.165) is 18.7 Å². The summed E-state index contributed by atoms with van der Waals surface area (Å²) in [6.07, 6.45) is -2.28. The van der Waals surface area contributed by atoms with Gasteiger partial charge in [-0.1, -0.05) is 6.58 Å². The maximum Gasteiger partial charge on any atom is 0.421 e. The second-order valence-corrected chi connectivity index (χ2v) is 5.23. The van der Waals surface area contributed by atoms with E-state index in [1.54, 1.807) is 0 Å². The maximum absolute atomic E-state index is 12.9. The lowest BCUT2D eigenvalue weighted by molar-refractivity contribution is -0.137. The molecular formula is C14H20F3N5O. The molecule has 128 valence electrons. The molecule has 1 aliphatic rings. The summed E-state index contributed by atoms with van der Waals surface area (Å²) in [5.41, 5.74) is 5.34. The predicted octanol–water partition coefficient (Wildman–Crippen LogP) is 2.12. The lowest BCUT2D eigenvalue weighted by Crippen LogP contribution is -2.26. The van der Waals surface area contributed by atoms with Gasteiger partial charge in [0.05, 0.1) is 6.61 Å². The Hall–Kier alpha value is -2.03. The van der Waals surface area contributed by atoms with Crippen molar-refractivity contribution in [2.24, 2.45) is 0 Å². The van der Waals surface area contributed by atoms with Gasteiger partial charge in [-0.25, -0.2) is 4.98 Å². The van der Waals surface area contributed by atoms with Gasteiger partial charge >= 0.3 is 6.18 Å². The number of hydrogen-bond acceptors (Lipinski definition) is 6. The normalized spacial score (nSPS) is 16.3. The van der Waals surface area contributed by atoms with Crippen molar-refractivity contribution in [1.82, 2.24) is 14.9 Å². The Morgan fingerprint density at radius 1 is 1.43 bits per heavy atom. The van der Waals surface area contributed by atoms with Crippen LogP contribution in [-0.4, -0.2) is 47.7 Å². The molecule has 3 N–H and O–H groups in total. The van der Waals surface area contributed by atoms with E-state index in [0.29, 0.717) is 38.9 Å². The number of nitrogens with one attached hydrogen (secondary N) is 1. The third-order valence-corrected chi connectivity index (χ3v) is 3.44. The number of nitrogens with zero attached hydrogens (tertiary/aromatic N) is 3. The highest BCUT2D eigenvalue weighted by Gasteiger charge is 2.35. The molecule has 9 heteroatoms. The third kappa shape index (κ3) is 4.98. The number of rotatable bonds is 5. The van der Waals surface area contributed by atoms with Crippen molar-refractivity contribution in [3.63, 3.8) is 0 Å². The molecule has 1 aromatic rings. The zero-order valence-electron chi connectivity index (χ0n) is 12.7. The number of anilines is 2. The maximum atomic E-state index is 12.9. The van der Waals surface area contributed by atoms with Gasteiger partial charge in [-0.15, -0.1) is 0 Å². The van der Waals surface area contributed by atoms with Crippen LogP contribution in [0, 0.1) is 0 Å². The summed E-state index contributed by atoms with van der Waals surface area (Å²) in [5, 5.41) is 2.69. The van der Waals surface area contributed by atoms with Gasteiger partial charge in [0.15, 0.2) is 0 Å². The molecule has 1 fully saturated rings. The highest BCUT2D eigenvalue weighted by atomic mass is 19.4. The summed E-state index contributed by atoms with van der Waals surface area (Å²) >= 11 is 0. The van der Waals surface area contributed by atoms with E-state index < -0.39 is 11.7 Å². The summed E-state index contributed by atoms with van der Waals surface area (Å²) in [4.78, 5) is 9.13. The van der Waals surface area contributed by atoms with Crippen LogP contribution in [0.3, 0.4) is 0 Å².